The van der Waals surface area contributed by atoms with Crippen LogP contribution in [0, 0.1) is 0 Å². The molecule has 1 fully saturated rings. The van der Waals surface area contributed by atoms with Crippen LogP contribution in [0.3, 0.4) is 0 Å². The van der Waals surface area contributed by atoms with Gasteiger partial charge >= 0.3 is 0 Å². The van der Waals surface area contributed by atoms with Crippen molar-refractivity contribution in [3.05, 3.63) is 35.9 Å². The van der Waals surface area contributed by atoms with Gasteiger partial charge in [-0.15, -0.1) is 0 Å². The second-order valence-electron chi connectivity index (χ2n) is 9.16. The molecule has 6 nitrogen and oxygen atoms in total. The number of hydrogen-bond donors (Lipinski definition) is 3. The predicted octanol–water partition coefficient (Wildman–Crippen LogP) is 2.37. The molecule has 1 saturated heterocycles. The first-order valence-electron chi connectivity index (χ1n) is 10.1. The molecule has 0 radical (unpaired) electrons. The topological polar surface area (TPSA) is 80.2 Å². The lowest BCUT2D eigenvalue weighted by atomic mass is 9.99. The van der Waals surface area contributed by atoms with Crippen LogP contribution in [0.25, 0.3) is 0 Å². The van der Waals surface area contributed by atoms with E-state index < -0.39 is 26.1 Å². The minimum Gasteiger partial charge on any atom is -0.394 e. The average molecular weight is 412 g/mol. The summed E-state index contributed by atoms with van der Waals surface area (Å²) in [7, 11) is -1.27. The Bertz CT molecular complexity index is 578. The van der Waals surface area contributed by atoms with E-state index in [1.165, 1.54) is 0 Å². The third kappa shape index (κ3) is 7.55. The lowest BCUT2D eigenvalue weighted by molar-refractivity contribution is -0.154. The maximum Gasteiger partial charge on any atom is 0.163 e. The Kier molecular flexibility index (Phi) is 8.63. The average Bonchev–Trinajstić information content (AvgIpc) is 2.99. The molecule has 1 aliphatic heterocycles. The molecular weight excluding hydrogens is 374 g/mol. The fourth-order valence-corrected chi connectivity index (χ4v) is 3.97. The quantitative estimate of drug-likeness (QED) is 0.485. The summed E-state index contributed by atoms with van der Waals surface area (Å²) in [5.41, 5.74) is 1.13. The summed E-state index contributed by atoms with van der Waals surface area (Å²) in [5.74, 6) is -0.676. The van der Waals surface area contributed by atoms with E-state index in [4.69, 9.17) is 14.2 Å². The van der Waals surface area contributed by atoms with Gasteiger partial charge in [0.2, 0.25) is 0 Å². The van der Waals surface area contributed by atoms with Gasteiger partial charge in [-0.25, -0.2) is 0 Å². The highest BCUT2D eigenvalue weighted by atomic mass is 28.3. The summed E-state index contributed by atoms with van der Waals surface area (Å²) in [5, 5.41) is 23.6. The van der Waals surface area contributed by atoms with E-state index in [9.17, 15) is 10.2 Å². The second-order valence-corrected chi connectivity index (χ2v) is 14.8. The van der Waals surface area contributed by atoms with Crippen molar-refractivity contribution in [2.75, 3.05) is 19.8 Å². The van der Waals surface area contributed by atoms with Crippen LogP contribution < -0.4 is 5.32 Å². The normalized spacial score (nSPS) is 22.8. The van der Waals surface area contributed by atoms with E-state index in [1.807, 2.05) is 44.2 Å². The molecule has 2 rings (SSSR count). The van der Waals surface area contributed by atoms with Gasteiger partial charge in [0, 0.05) is 21.2 Å². The minimum atomic E-state index is -1.27. The number of aliphatic hydroxyl groups excluding tert-OH is 2. The largest absolute Gasteiger partial charge is 0.394 e. The summed E-state index contributed by atoms with van der Waals surface area (Å²) in [6, 6.07) is 10.7. The van der Waals surface area contributed by atoms with Crippen LogP contribution in [0.4, 0.5) is 0 Å². The molecule has 0 aromatic heterocycles. The molecule has 0 aliphatic carbocycles. The van der Waals surface area contributed by atoms with Crippen LogP contribution in [0.15, 0.2) is 30.3 Å². The number of ether oxygens (including phenoxy) is 3. The van der Waals surface area contributed by atoms with Crippen LogP contribution >= 0.6 is 0 Å². The van der Waals surface area contributed by atoms with Crippen molar-refractivity contribution in [3.63, 3.8) is 0 Å². The van der Waals surface area contributed by atoms with Crippen LogP contribution in [0.1, 0.15) is 19.4 Å². The monoisotopic (exact) mass is 411 g/mol. The van der Waals surface area contributed by atoms with Crippen LogP contribution in [0.5, 0.6) is 0 Å². The van der Waals surface area contributed by atoms with Crippen molar-refractivity contribution in [1.82, 2.24) is 5.32 Å². The zero-order valence-electron chi connectivity index (χ0n) is 17.9. The molecule has 3 N–H and O–H groups in total. The Hall–Kier alpha value is -0.803. The first kappa shape index (κ1) is 23.5. The predicted molar refractivity (Wildman–Crippen MR) is 113 cm³/mol. The number of benzene rings is 1. The first-order chi connectivity index (χ1) is 13.1. The van der Waals surface area contributed by atoms with Crippen molar-refractivity contribution >= 4 is 8.07 Å². The highest BCUT2D eigenvalue weighted by molar-refractivity contribution is 6.76. The maximum atomic E-state index is 10.5. The molecule has 7 heteroatoms. The van der Waals surface area contributed by atoms with Crippen molar-refractivity contribution < 1.29 is 24.4 Å². The Morgan fingerprint density at radius 1 is 1.25 bits per heavy atom. The van der Waals surface area contributed by atoms with E-state index in [0.717, 1.165) is 11.6 Å². The SMILES string of the molecule is CC1(C)OC[C@H]([C@H](NCc2ccccc2)[C@@H](OCC[Si](C)(C)C)[C@H](O)CO)O1. The Morgan fingerprint density at radius 2 is 1.93 bits per heavy atom. The molecule has 0 spiro atoms. The Morgan fingerprint density at radius 3 is 2.46 bits per heavy atom. The van der Waals surface area contributed by atoms with Gasteiger partial charge in [-0.1, -0.05) is 50.0 Å². The van der Waals surface area contributed by atoms with E-state index in [2.05, 4.69) is 25.0 Å². The molecule has 28 heavy (non-hydrogen) atoms. The maximum absolute atomic E-state index is 10.5. The lowest BCUT2D eigenvalue weighted by Gasteiger charge is -2.35. The highest BCUT2D eigenvalue weighted by Crippen LogP contribution is 2.27. The van der Waals surface area contributed by atoms with E-state index in [0.29, 0.717) is 19.8 Å². The van der Waals surface area contributed by atoms with Gasteiger partial charge in [-0.3, -0.25) is 0 Å². The van der Waals surface area contributed by atoms with Gasteiger partial charge in [0.15, 0.2) is 5.79 Å². The molecule has 1 aliphatic rings. The molecule has 0 bridgehead atoms. The highest BCUT2D eigenvalue weighted by Gasteiger charge is 2.43. The zero-order valence-corrected chi connectivity index (χ0v) is 18.9. The van der Waals surface area contributed by atoms with Crippen molar-refractivity contribution in [2.45, 2.75) is 76.2 Å². The van der Waals surface area contributed by atoms with Gasteiger partial charge < -0.3 is 29.7 Å². The Balaban J connectivity index is 2.14. The summed E-state index contributed by atoms with van der Waals surface area (Å²) < 4.78 is 18.0. The third-order valence-electron chi connectivity index (χ3n) is 4.90. The molecule has 0 unspecified atom stereocenters. The van der Waals surface area contributed by atoms with Gasteiger partial charge in [0.05, 0.1) is 19.3 Å². The molecule has 1 aromatic rings. The third-order valence-corrected chi connectivity index (χ3v) is 6.60. The lowest BCUT2D eigenvalue weighted by Crippen LogP contribution is -2.56. The number of aliphatic hydroxyl groups is 2. The Labute approximate surface area is 170 Å². The smallest absolute Gasteiger partial charge is 0.163 e. The fraction of sp³-hybridized carbons (Fsp3) is 0.714. The van der Waals surface area contributed by atoms with E-state index in [1.54, 1.807) is 0 Å². The molecular formula is C21H37NO5Si. The molecule has 1 heterocycles. The van der Waals surface area contributed by atoms with E-state index in [-0.39, 0.29) is 18.8 Å². The number of rotatable bonds is 11. The fourth-order valence-electron chi connectivity index (χ4n) is 3.24. The molecule has 0 amide bonds. The summed E-state index contributed by atoms with van der Waals surface area (Å²) in [4.78, 5) is 0. The van der Waals surface area contributed by atoms with Gasteiger partial charge in [-0.05, 0) is 25.5 Å². The number of nitrogens with one attached hydrogen (secondary N) is 1. The number of hydrogen-bond acceptors (Lipinski definition) is 6. The second kappa shape index (κ2) is 10.3. The van der Waals surface area contributed by atoms with E-state index >= 15 is 0 Å². The molecule has 160 valence electrons. The van der Waals surface area contributed by atoms with Crippen molar-refractivity contribution in [3.8, 4) is 0 Å². The van der Waals surface area contributed by atoms with Crippen molar-refractivity contribution in [2.24, 2.45) is 0 Å². The van der Waals surface area contributed by atoms with Crippen LogP contribution in [0.2, 0.25) is 25.7 Å². The first-order valence-corrected chi connectivity index (χ1v) is 13.8. The minimum absolute atomic E-state index is 0.281. The summed E-state index contributed by atoms with van der Waals surface area (Å²) in [6.45, 7) is 11.8. The zero-order chi connectivity index (χ0) is 20.8. The summed E-state index contributed by atoms with van der Waals surface area (Å²) >= 11 is 0. The van der Waals surface area contributed by atoms with Gasteiger partial charge in [-0.2, -0.15) is 0 Å². The molecule has 0 saturated carbocycles. The standard InChI is InChI=1S/C21H37NO5Si/c1-21(2)26-15-18(27-21)19(22-13-16-9-7-6-8-10-16)20(17(24)14-23)25-11-12-28(3,4)5/h6-10,17-20,22-24H,11-15H2,1-5H3/t17-,18-,19+,20+/m1/s1. The summed E-state index contributed by atoms with van der Waals surface area (Å²) in [6.07, 6.45) is -1.87. The van der Waals surface area contributed by atoms with Crippen molar-refractivity contribution in [1.29, 1.82) is 0 Å². The molecule has 1 aromatic carbocycles. The van der Waals surface area contributed by atoms with Crippen LogP contribution in [-0.4, -0.2) is 68.2 Å². The van der Waals surface area contributed by atoms with Crippen LogP contribution in [-0.2, 0) is 20.8 Å². The molecule has 4 atom stereocenters. The van der Waals surface area contributed by atoms with Gasteiger partial charge in [0.25, 0.3) is 0 Å². The van der Waals surface area contributed by atoms with Gasteiger partial charge in [0.1, 0.15) is 18.3 Å².